The van der Waals surface area contributed by atoms with Crippen molar-refractivity contribution in [3.05, 3.63) is 107 Å². The average molecular weight is 475 g/mol. The summed E-state index contributed by atoms with van der Waals surface area (Å²) in [6.07, 6.45) is 5.85. The Hall–Kier alpha value is -3.74. The number of nitrogens with two attached hydrogens (primary N) is 1. The van der Waals surface area contributed by atoms with Gasteiger partial charge in [0.25, 0.3) is 5.92 Å². The molecule has 35 heavy (non-hydrogen) atoms. The molecule has 0 aliphatic heterocycles. The first-order chi connectivity index (χ1) is 16.8. The molecule has 1 unspecified atom stereocenters. The van der Waals surface area contributed by atoms with Crippen LogP contribution in [0.3, 0.4) is 0 Å². The summed E-state index contributed by atoms with van der Waals surface area (Å²) in [7, 11) is 1.66. The maximum absolute atomic E-state index is 13.7. The van der Waals surface area contributed by atoms with Crippen molar-refractivity contribution in [2.75, 3.05) is 12.8 Å². The van der Waals surface area contributed by atoms with Crippen LogP contribution in [0.2, 0.25) is 0 Å². The van der Waals surface area contributed by atoms with Crippen LogP contribution in [0.15, 0.2) is 73.1 Å². The molecule has 0 spiro atoms. The number of methoxy groups -OCH3 is 1. The van der Waals surface area contributed by atoms with E-state index in [0.29, 0.717) is 18.9 Å². The number of nitrogens with zero attached hydrogens (tertiary/aromatic N) is 3. The fraction of sp³-hybridized carbons (Fsp3) is 0.286. The van der Waals surface area contributed by atoms with Crippen LogP contribution in [0.4, 0.5) is 14.7 Å². The van der Waals surface area contributed by atoms with Crippen LogP contribution in [0, 0.1) is 0 Å². The second kappa shape index (κ2) is 8.80. The lowest BCUT2D eigenvalue weighted by Gasteiger charge is -2.29. The summed E-state index contributed by atoms with van der Waals surface area (Å²) < 4.78 is 34.9. The zero-order chi connectivity index (χ0) is 24.6. The average Bonchev–Trinajstić information content (AvgIpc) is 3.40. The van der Waals surface area contributed by atoms with Crippen LogP contribution < -0.4 is 10.5 Å². The zero-order valence-electron chi connectivity index (χ0n) is 19.8. The van der Waals surface area contributed by atoms with Gasteiger partial charge in [0, 0.05) is 24.7 Å². The van der Waals surface area contributed by atoms with Crippen molar-refractivity contribution in [2.45, 2.75) is 44.1 Å². The standard InChI is InChI=1S/C28H28F2N4O/c1-27(29,30)24-11-8-20(16-32-24)15-28(13-12-21-14-22(35-2)9-10-23(21)28)25-18-34(26(31)33-25)17-19-6-4-3-5-7-19/h3-11,14,16,18H,12-13,15,17H2,1-2H3,(H2,31,33). The number of anilines is 1. The molecule has 2 heterocycles. The lowest BCUT2D eigenvalue weighted by Crippen LogP contribution is -2.28. The number of aromatic nitrogens is 3. The Morgan fingerprint density at radius 1 is 1.09 bits per heavy atom. The molecule has 5 nitrogen and oxygen atoms in total. The number of benzene rings is 2. The maximum Gasteiger partial charge on any atom is 0.286 e. The molecule has 2 aromatic carbocycles. The van der Waals surface area contributed by atoms with Gasteiger partial charge in [-0.05, 0) is 59.7 Å². The summed E-state index contributed by atoms with van der Waals surface area (Å²) in [5.74, 6) is -1.72. The predicted octanol–water partition coefficient (Wildman–Crippen LogP) is 5.50. The normalized spacial score (nSPS) is 17.4. The highest BCUT2D eigenvalue weighted by atomic mass is 19.3. The topological polar surface area (TPSA) is 66.0 Å². The molecule has 0 saturated carbocycles. The Labute approximate surface area is 203 Å². The number of alkyl halides is 2. The Bertz CT molecular complexity index is 1330. The highest BCUT2D eigenvalue weighted by Gasteiger charge is 2.43. The van der Waals surface area contributed by atoms with Crippen LogP contribution in [-0.2, 0) is 30.7 Å². The molecule has 0 fully saturated rings. The van der Waals surface area contributed by atoms with E-state index in [-0.39, 0.29) is 5.69 Å². The Morgan fingerprint density at radius 2 is 1.89 bits per heavy atom. The van der Waals surface area contributed by atoms with Gasteiger partial charge in [-0.15, -0.1) is 0 Å². The van der Waals surface area contributed by atoms with E-state index in [4.69, 9.17) is 15.5 Å². The van der Waals surface area contributed by atoms with Crippen molar-refractivity contribution in [3.8, 4) is 5.75 Å². The van der Waals surface area contributed by atoms with E-state index in [2.05, 4.69) is 29.2 Å². The van der Waals surface area contributed by atoms with Crippen molar-refractivity contribution in [3.63, 3.8) is 0 Å². The van der Waals surface area contributed by atoms with Gasteiger partial charge in [0.1, 0.15) is 11.4 Å². The molecule has 0 radical (unpaired) electrons. The summed E-state index contributed by atoms with van der Waals surface area (Å²) in [4.78, 5) is 8.88. The van der Waals surface area contributed by atoms with Crippen molar-refractivity contribution >= 4 is 5.95 Å². The second-order valence-electron chi connectivity index (χ2n) is 9.32. The van der Waals surface area contributed by atoms with Gasteiger partial charge in [-0.3, -0.25) is 4.98 Å². The van der Waals surface area contributed by atoms with Crippen molar-refractivity contribution in [2.24, 2.45) is 0 Å². The van der Waals surface area contributed by atoms with Gasteiger partial charge < -0.3 is 15.0 Å². The van der Waals surface area contributed by atoms with Crippen LogP contribution >= 0.6 is 0 Å². The number of hydrogen-bond acceptors (Lipinski definition) is 4. The summed E-state index contributed by atoms with van der Waals surface area (Å²) in [6.45, 7) is 1.48. The van der Waals surface area contributed by atoms with Gasteiger partial charge in [0.2, 0.25) is 5.95 Å². The first-order valence-corrected chi connectivity index (χ1v) is 11.7. The van der Waals surface area contributed by atoms with Crippen molar-refractivity contribution in [1.82, 2.24) is 14.5 Å². The van der Waals surface area contributed by atoms with Crippen LogP contribution in [0.1, 0.15) is 47.0 Å². The van der Waals surface area contributed by atoms with E-state index in [1.807, 2.05) is 35.0 Å². The molecule has 1 aliphatic rings. The number of halogens is 2. The van der Waals surface area contributed by atoms with E-state index in [9.17, 15) is 8.78 Å². The van der Waals surface area contributed by atoms with Gasteiger partial charge in [-0.25, -0.2) is 4.98 Å². The minimum atomic E-state index is -2.97. The molecular formula is C28H28F2N4O. The van der Waals surface area contributed by atoms with E-state index in [1.54, 1.807) is 19.4 Å². The lowest BCUT2D eigenvalue weighted by molar-refractivity contribution is 0.0127. The van der Waals surface area contributed by atoms with Crippen LogP contribution in [0.5, 0.6) is 5.75 Å². The van der Waals surface area contributed by atoms with Crippen molar-refractivity contribution in [1.29, 1.82) is 0 Å². The number of rotatable bonds is 7. The fourth-order valence-corrected chi connectivity index (χ4v) is 5.10. The van der Waals surface area contributed by atoms with Crippen molar-refractivity contribution < 1.29 is 13.5 Å². The molecule has 1 atom stereocenters. The molecule has 180 valence electrons. The molecular weight excluding hydrogens is 446 g/mol. The van der Waals surface area contributed by atoms with E-state index < -0.39 is 11.3 Å². The Kier molecular flexibility index (Phi) is 5.79. The first-order valence-electron chi connectivity index (χ1n) is 11.7. The fourth-order valence-electron chi connectivity index (χ4n) is 5.10. The maximum atomic E-state index is 13.7. The molecule has 0 bridgehead atoms. The van der Waals surface area contributed by atoms with E-state index in [1.165, 1.54) is 11.6 Å². The molecule has 0 saturated heterocycles. The number of nitrogen functional groups attached to an aromatic ring is 1. The molecule has 0 amide bonds. The number of ether oxygens (including phenoxy) is 1. The number of aryl methyl sites for hydroxylation is 1. The zero-order valence-corrected chi connectivity index (χ0v) is 19.8. The van der Waals surface area contributed by atoms with E-state index >= 15 is 0 Å². The molecule has 4 aromatic rings. The molecule has 2 aromatic heterocycles. The van der Waals surface area contributed by atoms with Crippen LogP contribution in [-0.4, -0.2) is 21.6 Å². The third-order valence-electron chi connectivity index (χ3n) is 6.92. The minimum absolute atomic E-state index is 0.233. The largest absolute Gasteiger partial charge is 0.497 e. The number of pyridine rings is 1. The predicted molar refractivity (Wildman–Crippen MR) is 132 cm³/mol. The van der Waals surface area contributed by atoms with Gasteiger partial charge >= 0.3 is 0 Å². The summed E-state index contributed by atoms with van der Waals surface area (Å²) in [5.41, 5.74) is 10.9. The molecule has 7 heteroatoms. The van der Waals surface area contributed by atoms with Gasteiger partial charge in [0.05, 0.1) is 19.3 Å². The smallest absolute Gasteiger partial charge is 0.286 e. The Morgan fingerprint density at radius 3 is 2.57 bits per heavy atom. The summed E-state index contributed by atoms with van der Waals surface area (Å²) in [6, 6.07) is 19.4. The summed E-state index contributed by atoms with van der Waals surface area (Å²) in [5, 5.41) is 0. The number of fused-ring (bicyclic) bond motifs is 1. The minimum Gasteiger partial charge on any atom is -0.497 e. The summed E-state index contributed by atoms with van der Waals surface area (Å²) >= 11 is 0. The highest BCUT2D eigenvalue weighted by Crippen LogP contribution is 2.47. The molecule has 5 rings (SSSR count). The van der Waals surface area contributed by atoms with Crippen LogP contribution in [0.25, 0.3) is 0 Å². The van der Waals surface area contributed by atoms with Gasteiger partial charge in [-0.1, -0.05) is 42.5 Å². The third-order valence-corrected chi connectivity index (χ3v) is 6.92. The lowest BCUT2D eigenvalue weighted by atomic mass is 9.74. The first kappa shape index (κ1) is 23.0. The monoisotopic (exact) mass is 474 g/mol. The molecule has 2 N–H and O–H groups in total. The number of hydrogen-bond donors (Lipinski definition) is 1. The Balaban J connectivity index is 1.57. The third kappa shape index (κ3) is 4.38. The second-order valence-corrected chi connectivity index (χ2v) is 9.32. The van der Waals surface area contributed by atoms with Gasteiger partial charge in [-0.2, -0.15) is 8.78 Å². The number of imidazole rings is 1. The van der Waals surface area contributed by atoms with E-state index in [0.717, 1.165) is 47.9 Å². The molecule has 1 aliphatic carbocycles. The highest BCUT2D eigenvalue weighted by molar-refractivity contribution is 5.51. The SMILES string of the molecule is COc1ccc2c(c1)CCC2(Cc1ccc(C(C)(F)F)nc1)c1cn(Cc2ccccc2)c(N)n1. The quantitative estimate of drug-likeness (QED) is 0.384. The van der Waals surface area contributed by atoms with Gasteiger partial charge in [0.15, 0.2) is 0 Å².